The van der Waals surface area contributed by atoms with E-state index in [1.54, 1.807) is 0 Å². The third kappa shape index (κ3) is 6.34. The third-order valence-electron chi connectivity index (χ3n) is 5.08. The fourth-order valence-corrected chi connectivity index (χ4v) is 3.44. The number of hydrogen-bond donors (Lipinski definition) is 2. The van der Waals surface area contributed by atoms with Crippen LogP contribution in [-0.4, -0.2) is 52.1 Å². The second-order valence-corrected chi connectivity index (χ2v) is 7.47. The van der Waals surface area contributed by atoms with E-state index in [0.717, 1.165) is 43.3 Å². The molecule has 1 fully saturated rings. The molecule has 1 atom stereocenters. The average molecular weight is 373 g/mol. The first-order valence-corrected chi connectivity index (χ1v) is 9.92. The topological polar surface area (TPSA) is 62.5 Å². The standard InChI is InChI=1S/C21H32N4O2/c1-17-12-19(23-24(17)2)14-22-13-18-6-8-21(9-7-18)27-16-20(26)15-25-10-4-3-5-11-25/h6-9,12,20,22,26H,3-5,10-11,13-16H2,1-2H3/t20-/m1/s1. The molecule has 2 heterocycles. The molecule has 27 heavy (non-hydrogen) atoms. The van der Waals surface area contributed by atoms with Crippen LogP contribution in [-0.2, 0) is 20.1 Å². The minimum Gasteiger partial charge on any atom is -0.491 e. The highest BCUT2D eigenvalue weighted by atomic mass is 16.5. The molecule has 0 bridgehead atoms. The number of hydrogen-bond acceptors (Lipinski definition) is 5. The van der Waals surface area contributed by atoms with Gasteiger partial charge in [-0.05, 0) is 56.6 Å². The van der Waals surface area contributed by atoms with Crippen molar-refractivity contribution in [3.05, 3.63) is 47.3 Å². The van der Waals surface area contributed by atoms with Gasteiger partial charge in [-0.25, -0.2) is 0 Å². The summed E-state index contributed by atoms with van der Waals surface area (Å²) >= 11 is 0. The van der Waals surface area contributed by atoms with Gasteiger partial charge in [0.15, 0.2) is 0 Å². The molecule has 1 aromatic heterocycles. The number of nitrogens with zero attached hydrogens (tertiary/aromatic N) is 3. The van der Waals surface area contributed by atoms with Gasteiger partial charge in [0.1, 0.15) is 18.5 Å². The summed E-state index contributed by atoms with van der Waals surface area (Å²) in [4.78, 5) is 2.33. The molecule has 6 heteroatoms. The van der Waals surface area contributed by atoms with Gasteiger partial charge in [-0.1, -0.05) is 18.6 Å². The maximum atomic E-state index is 10.2. The molecule has 1 aromatic carbocycles. The zero-order chi connectivity index (χ0) is 19.1. The van der Waals surface area contributed by atoms with E-state index in [1.807, 2.05) is 23.9 Å². The zero-order valence-electron chi connectivity index (χ0n) is 16.5. The lowest BCUT2D eigenvalue weighted by molar-refractivity contribution is 0.0617. The second-order valence-electron chi connectivity index (χ2n) is 7.47. The van der Waals surface area contributed by atoms with Crippen LogP contribution >= 0.6 is 0 Å². The van der Waals surface area contributed by atoms with Gasteiger partial charge in [-0.3, -0.25) is 4.68 Å². The number of aliphatic hydroxyl groups is 1. The molecule has 0 radical (unpaired) electrons. The SMILES string of the molecule is Cc1cc(CNCc2ccc(OC[C@H](O)CN3CCCCC3)cc2)nn1C. The largest absolute Gasteiger partial charge is 0.491 e. The number of likely N-dealkylation sites (tertiary alicyclic amines) is 1. The Labute approximate surface area is 162 Å². The second kappa shape index (κ2) is 9.88. The summed E-state index contributed by atoms with van der Waals surface area (Å²) in [6.07, 6.45) is 3.35. The summed E-state index contributed by atoms with van der Waals surface area (Å²) in [6, 6.07) is 10.1. The highest BCUT2D eigenvalue weighted by Crippen LogP contribution is 2.14. The predicted octanol–water partition coefficient (Wildman–Crippen LogP) is 2.24. The fraction of sp³-hybridized carbons (Fsp3) is 0.571. The van der Waals surface area contributed by atoms with Gasteiger partial charge in [-0.2, -0.15) is 5.10 Å². The predicted molar refractivity (Wildman–Crippen MR) is 107 cm³/mol. The molecule has 3 rings (SSSR count). The minimum atomic E-state index is -0.439. The van der Waals surface area contributed by atoms with Gasteiger partial charge in [-0.15, -0.1) is 0 Å². The van der Waals surface area contributed by atoms with Crippen LogP contribution in [0.4, 0.5) is 0 Å². The summed E-state index contributed by atoms with van der Waals surface area (Å²) in [6.45, 7) is 6.82. The van der Waals surface area contributed by atoms with Crippen molar-refractivity contribution in [2.45, 2.75) is 45.4 Å². The average Bonchev–Trinajstić information content (AvgIpc) is 2.99. The summed E-state index contributed by atoms with van der Waals surface area (Å²) in [5.41, 5.74) is 3.41. The molecule has 0 spiro atoms. The van der Waals surface area contributed by atoms with E-state index >= 15 is 0 Å². The molecular formula is C21H32N4O2. The molecule has 148 valence electrons. The maximum Gasteiger partial charge on any atom is 0.119 e. The summed E-state index contributed by atoms with van der Waals surface area (Å²) < 4.78 is 7.64. The maximum absolute atomic E-state index is 10.2. The van der Waals surface area contributed by atoms with E-state index < -0.39 is 6.10 Å². The summed E-state index contributed by atoms with van der Waals surface area (Å²) in [5.74, 6) is 0.803. The molecule has 0 amide bonds. The van der Waals surface area contributed by atoms with Crippen molar-refractivity contribution in [3.8, 4) is 5.75 Å². The van der Waals surface area contributed by atoms with Crippen LogP contribution in [0, 0.1) is 6.92 Å². The molecule has 0 saturated carbocycles. The number of aromatic nitrogens is 2. The highest BCUT2D eigenvalue weighted by Gasteiger charge is 2.15. The van der Waals surface area contributed by atoms with E-state index in [9.17, 15) is 5.11 Å². The molecule has 0 aliphatic carbocycles. The smallest absolute Gasteiger partial charge is 0.119 e. The van der Waals surface area contributed by atoms with E-state index in [1.165, 1.54) is 24.8 Å². The van der Waals surface area contributed by atoms with Crippen molar-refractivity contribution >= 4 is 0 Å². The Balaban J connectivity index is 1.36. The Morgan fingerprint density at radius 3 is 2.56 bits per heavy atom. The van der Waals surface area contributed by atoms with Crippen molar-refractivity contribution in [1.29, 1.82) is 0 Å². The van der Waals surface area contributed by atoms with Gasteiger partial charge in [0.25, 0.3) is 0 Å². The minimum absolute atomic E-state index is 0.340. The first-order valence-electron chi connectivity index (χ1n) is 9.92. The van der Waals surface area contributed by atoms with E-state index in [0.29, 0.717) is 13.2 Å². The van der Waals surface area contributed by atoms with Crippen LogP contribution in [0.1, 0.15) is 36.2 Å². The molecule has 6 nitrogen and oxygen atoms in total. The highest BCUT2D eigenvalue weighted by molar-refractivity contribution is 5.27. The molecule has 1 aliphatic heterocycles. The van der Waals surface area contributed by atoms with Gasteiger partial charge >= 0.3 is 0 Å². The Bertz CT molecular complexity index is 673. The molecule has 1 aliphatic rings. The van der Waals surface area contributed by atoms with Crippen LogP contribution in [0.5, 0.6) is 5.75 Å². The van der Waals surface area contributed by atoms with Gasteiger partial charge in [0, 0.05) is 32.4 Å². The molecular weight excluding hydrogens is 340 g/mol. The monoisotopic (exact) mass is 372 g/mol. The lowest BCUT2D eigenvalue weighted by Crippen LogP contribution is -2.38. The first kappa shape index (κ1) is 19.9. The van der Waals surface area contributed by atoms with Crippen molar-refractivity contribution in [1.82, 2.24) is 20.0 Å². The van der Waals surface area contributed by atoms with Gasteiger partial charge in [0.2, 0.25) is 0 Å². The number of aryl methyl sites for hydroxylation is 2. The number of piperidine rings is 1. The Morgan fingerprint density at radius 2 is 1.89 bits per heavy atom. The quantitative estimate of drug-likeness (QED) is 0.707. The first-order chi connectivity index (χ1) is 13.1. The zero-order valence-corrected chi connectivity index (χ0v) is 16.5. The van der Waals surface area contributed by atoms with Crippen molar-refractivity contribution in [3.63, 3.8) is 0 Å². The number of β-amino-alcohol motifs (C(OH)–C–C–N with tert-alkyl or cyclic N) is 1. The third-order valence-corrected chi connectivity index (χ3v) is 5.08. The molecule has 2 aromatic rings. The molecule has 1 saturated heterocycles. The van der Waals surface area contributed by atoms with Gasteiger partial charge in [0.05, 0.1) is 5.69 Å². The van der Waals surface area contributed by atoms with Crippen molar-refractivity contribution in [2.24, 2.45) is 7.05 Å². The van der Waals surface area contributed by atoms with E-state index in [-0.39, 0.29) is 0 Å². The Morgan fingerprint density at radius 1 is 1.15 bits per heavy atom. The van der Waals surface area contributed by atoms with Crippen LogP contribution in [0.15, 0.2) is 30.3 Å². The van der Waals surface area contributed by atoms with Crippen LogP contribution in [0.3, 0.4) is 0 Å². The van der Waals surface area contributed by atoms with Crippen LogP contribution in [0.2, 0.25) is 0 Å². The van der Waals surface area contributed by atoms with E-state index in [2.05, 4.69) is 40.4 Å². The number of nitrogens with one attached hydrogen (secondary N) is 1. The lowest BCUT2D eigenvalue weighted by atomic mass is 10.1. The number of aliphatic hydroxyl groups excluding tert-OH is 1. The van der Waals surface area contributed by atoms with Crippen LogP contribution in [0.25, 0.3) is 0 Å². The Hall–Kier alpha value is -1.89. The number of rotatable bonds is 9. The van der Waals surface area contributed by atoms with Gasteiger partial charge < -0.3 is 20.1 Å². The van der Waals surface area contributed by atoms with Crippen LogP contribution < -0.4 is 10.1 Å². The lowest BCUT2D eigenvalue weighted by Gasteiger charge is -2.28. The fourth-order valence-electron chi connectivity index (χ4n) is 3.44. The summed E-state index contributed by atoms with van der Waals surface area (Å²) in [5, 5.41) is 18.0. The summed E-state index contributed by atoms with van der Waals surface area (Å²) in [7, 11) is 1.96. The number of ether oxygens (including phenoxy) is 1. The van der Waals surface area contributed by atoms with Crippen molar-refractivity contribution in [2.75, 3.05) is 26.2 Å². The number of benzene rings is 1. The Kier molecular flexibility index (Phi) is 7.26. The molecule has 0 unspecified atom stereocenters. The van der Waals surface area contributed by atoms with E-state index in [4.69, 9.17) is 4.74 Å². The molecule has 2 N–H and O–H groups in total. The normalized spacial score (nSPS) is 16.4. The van der Waals surface area contributed by atoms with Crippen molar-refractivity contribution < 1.29 is 9.84 Å².